The quantitative estimate of drug-likeness (QED) is 0.780. The molecular formula is C18H20N2. The van der Waals surface area contributed by atoms with Gasteiger partial charge in [0.15, 0.2) is 0 Å². The summed E-state index contributed by atoms with van der Waals surface area (Å²) in [7, 11) is 0. The van der Waals surface area contributed by atoms with Crippen LogP contribution in [0.4, 0.5) is 0 Å². The number of hydrogen-bond donors (Lipinski definition) is 0. The largest absolute Gasteiger partial charge is 0.254 e. The van der Waals surface area contributed by atoms with Gasteiger partial charge in [0.25, 0.3) is 0 Å². The Kier molecular flexibility index (Phi) is 3.02. The molecule has 0 aliphatic heterocycles. The first-order valence-electron chi connectivity index (χ1n) is 7.87. The SMILES string of the molecule is c1cc2c(nc1-c1cc3c(cn1)CCCC3)CCCC2. The molecule has 0 aromatic carbocycles. The first-order valence-corrected chi connectivity index (χ1v) is 7.87. The molecule has 102 valence electrons. The van der Waals surface area contributed by atoms with Gasteiger partial charge in [-0.1, -0.05) is 6.07 Å². The smallest absolute Gasteiger partial charge is 0.0889 e. The second-order valence-corrected chi connectivity index (χ2v) is 6.05. The number of rotatable bonds is 1. The standard InChI is InChI=1S/C18H20N2/c1-2-7-15-12-19-18(11-14(15)6-1)17-10-9-13-5-3-4-8-16(13)20-17/h9-12H,1-8H2. The third kappa shape index (κ3) is 2.13. The molecule has 2 aromatic rings. The molecule has 2 heterocycles. The molecule has 2 nitrogen and oxygen atoms in total. The second-order valence-electron chi connectivity index (χ2n) is 6.05. The molecule has 2 aromatic heterocycles. The summed E-state index contributed by atoms with van der Waals surface area (Å²) >= 11 is 0. The Hall–Kier alpha value is -1.70. The molecule has 0 fully saturated rings. The molecule has 4 rings (SSSR count). The van der Waals surface area contributed by atoms with E-state index in [-0.39, 0.29) is 0 Å². The highest BCUT2D eigenvalue weighted by Gasteiger charge is 2.14. The molecule has 0 N–H and O–H groups in total. The maximum Gasteiger partial charge on any atom is 0.0889 e. The van der Waals surface area contributed by atoms with E-state index in [4.69, 9.17) is 4.98 Å². The molecule has 0 radical (unpaired) electrons. The van der Waals surface area contributed by atoms with E-state index in [2.05, 4.69) is 29.4 Å². The fourth-order valence-electron chi connectivity index (χ4n) is 3.48. The highest BCUT2D eigenvalue weighted by molar-refractivity contribution is 5.57. The Bertz CT molecular complexity index is 588. The van der Waals surface area contributed by atoms with E-state index in [0.29, 0.717) is 0 Å². The Labute approximate surface area is 120 Å². The number of aromatic nitrogens is 2. The summed E-state index contributed by atoms with van der Waals surface area (Å²) in [5.74, 6) is 0. The lowest BCUT2D eigenvalue weighted by Crippen LogP contribution is -2.07. The van der Waals surface area contributed by atoms with Gasteiger partial charge in [0, 0.05) is 11.9 Å². The van der Waals surface area contributed by atoms with Crippen molar-refractivity contribution >= 4 is 0 Å². The lowest BCUT2D eigenvalue weighted by atomic mass is 9.92. The number of aryl methyl sites for hydroxylation is 4. The monoisotopic (exact) mass is 264 g/mol. The third-order valence-electron chi connectivity index (χ3n) is 4.67. The molecule has 0 bridgehead atoms. The number of pyridine rings is 2. The molecule has 0 saturated carbocycles. The number of hydrogen-bond acceptors (Lipinski definition) is 2. The summed E-state index contributed by atoms with van der Waals surface area (Å²) in [5.41, 5.74) is 7.78. The van der Waals surface area contributed by atoms with Gasteiger partial charge in [0.05, 0.1) is 11.4 Å². The van der Waals surface area contributed by atoms with Crippen LogP contribution in [0.1, 0.15) is 48.1 Å². The van der Waals surface area contributed by atoms with Crippen LogP contribution in [-0.4, -0.2) is 9.97 Å². The highest BCUT2D eigenvalue weighted by Crippen LogP contribution is 2.27. The first-order chi connectivity index (χ1) is 9.90. The number of fused-ring (bicyclic) bond motifs is 2. The molecule has 2 heteroatoms. The van der Waals surface area contributed by atoms with E-state index < -0.39 is 0 Å². The summed E-state index contributed by atoms with van der Waals surface area (Å²) in [6, 6.07) is 6.69. The maximum absolute atomic E-state index is 4.87. The van der Waals surface area contributed by atoms with Crippen LogP contribution in [0, 0.1) is 0 Å². The Balaban J connectivity index is 1.73. The van der Waals surface area contributed by atoms with Gasteiger partial charge in [-0.05, 0) is 80.2 Å². The van der Waals surface area contributed by atoms with Crippen molar-refractivity contribution in [3.8, 4) is 11.4 Å². The predicted octanol–water partition coefficient (Wildman–Crippen LogP) is 3.90. The van der Waals surface area contributed by atoms with Gasteiger partial charge in [0.2, 0.25) is 0 Å². The minimum atomic E-state index is 1.05. The van der Waals surface area contributed by atoms with Crippen LogP contribution in [0.15, 0.2) is 24.4 Å². The molecule has 0 saturated heterocycles. The van der Waals surface area contributed by atoms with E-state index in [1.807, 2.05) is 0 Å². The Morgan fingerprint density at radius 2 is 1.45 bits per heavy atom. The topological polar surface area (TPSA) is 25.8 Å². The van der Waals surface area contributed by atoms with Gasteiger partial charge >= 0.3 is 0 Å². The average Bonchev–Trinajstić information content (AvgIpc) is 2.54. The van der Waals surface area contributed by atoms with Crippen molar-refractivity contribution in [1.82, 2.24) is 9.97 Å². The van der Waals surface area contributed by atoms with Crippen molar-refractivity contribution in [2.75, 3.05) is 0 Å². The van der Waals surface area contributed by atoms with Crippen molar-refractivity contribution < 1.29 is 0 Å². The van der Waals surface area contributed by atoms with Crippen LogP contribution < -0.4 is 0 Å². The molecule has 0 unspecified atom stereocenters. The molecular weight excluding hydrogens is 244 g/mol. The summed E-state index contributed by atoms with van der Waals surface area (Å²) in [6.45, 7) is 0. The summed E-state index contributed by atoms with van der Waals surface area (Å²) < 4.78 is 0. The second kappa shape index (κ2) is 5.01. The van der Waals surface area contributed by atoms with Gasteiger partial charge in [0.1, 0.15) is 0 Å². The highest BCUT2D eigenvalue weighted by atomic mass is 14.8. The summed E-state index contributed by atoms with van der Waals surface area (Å²) in [6.07, 6.45) is 12.0. The molecule has 20 heavy (non-hydrogen) atoms. The zero-order valence-electron chi connectivity index (χ0n) is 11.9. The van der Waals surface area contributed by atoms with Crippen LogP contribution >= 0.6 is 0 Å². The summed E-state index contributed by atoms with van der Waals surface area (Å²) in [4.78, 5) is 9.52. The van der Waals surface area contributed by atoms with Crippen LogP contribution in [0.5, 0.6) is 0 Å². The molecule has 0 spiro atoms. The minimum Gasteiger partial charge on any atom is -0.254 e. The van der Waals surface area contributed by atoms with Crippen molar-refractivity contribution in [2.24, 2.45) is 0 Å². The Morgan fingerprint density at radius 1 is 0.700 bits per heavy atom. The van der Waals surface area contributed by atoms with Gasteiger partial charge in [-0.3, -0.25) is 9.97 Å². The predicted molar refractivity (Wildman–Crippen MR) is 80.8 cm³/mol. The average molecular weight is 264 g/mol. The van der Waals surface area contributed by atoms with E-state index in [0.717, 1.165) is 17.8 Å². The lowest BCUT2D eigenvalue weighted by Gasteiger charge is -2.17. The normalized spacial score (nSPS) is 17.4. The molecule has 2 aliphatic carbocycles. The van der Waals surface area contributed by atoms with Gasteiger partial charge < -0.3 is 0 Å². The van der Waals surface area contributed by atoms with Crippen molar-refractivity contribution in [1.29, 1.82) is 0 Å². The zero-order valence-corrected chi connectivity index (χ0v) is 11.9. The molecule has 2 aliphatic rings. The summed E-state index contributed by atoms with van der Waals surface area (Å²) in [5, 5.41) is 0. The van der Waals surface area contributed by atoms with E-state index in [1.54, 1.807) is 0 Å². The zero-order chi connectivity index (χ0) is 13.4. The van der Waals surface area contributed by atoms with E-state index in [1.165, 1.54) is 67.3 Å². The van der Waals surface area contributed by atoms with Crippen LogP contribution in [0.25, 0.3) is 11.4 Å². The first kappa shape index (κ1) is 12.1. The van der Waals surface area contributed by atoms with Crippen LogP contribution in [0.3, 0.4) is 0 Å². The van der Waals surface area contributed by atoms with Crippen molar-refractivity contribution in [3.63, 3.8) is 0 Å². The van der Waals surface area contributed by atoms with Gasteiger partial charge in [-0.15, -0.1) is 0 Å². The lowest BCUT2D eigenvalue weighted by molar-refractivity contribution is 0.668. The maximum atomic E-state index is 4.87. The van der Waals surface area contributed by atoms with Gasteiger partial charge in [-0.2, -0.15) is 0 Å². The van der Waals surface area contributed by atoms with E-state index in [9.17, 15) is 0 Å². The fourth-order valence-corrected chi connectivity index (χ4v) is 3.48. The molecule has 0 amide bonds. The minimum absolute atomic E-state index is 1.05. The Morgan fingerprint density at radius 3 is 2.35 bits per heavy atom. The van der Waals surface area contributed by atoms with Crippen LogP contribution in [0.2, 0.25) is 0 Å². The van der Waals surface area contributed by atoms with Gasteiger partial charge in [-0.25, -0.2) is 0 Å². The van der Waals surface area contributed by atoms with E-state index >= 15 is 0 Å². The van der Waals surface area contributed by atoms with Crippen molar-refractivity contribution in [2.45, 2.75) is 51.4 Å². The van der Waals surface area contributed by atoms with Crippen molar-refractivity contribution in [3.05, 3.63) is 46.8 Å². The number of nitrogens with zero attached hydrogens (tertiary/aromatic N) is 2. The molecule has 0 atom stereocenters. The fraction of sp³-hybridized carbons (Fsp3) is 0.444. The van der Waals surface area contributed by atoms with Crippen LogP contribution in [-0.2, 0) is 25.7 Å². The third-order valence-corrected chi connectivity index (χ3v) is 4.67.